The molecule has 5 rings (SSSR count). The number of sulfonamides is 1. The zero-order valence-electron chi connectivity index (χ0n) is 17.6. The fourth-order valence-corrected chi connectivity index (χ4v) is 6.80. The lowest BCUT2D eigenvalue weighted by Gasteiger charge is -2.24. The summed E-state index contributed by atoms with van der Waals surface area (Å²) in [5.41, 5.74) is 3.85. The van der Waals surface area contributed by atoms with Crippen LogP contribution in [-0.2, 0) is 16.4 Å². The highest BCUT2D eigenvalue weighted by molar-refractivity contribution is 7.92. The Kier molecular flexibility index (Phi) is 4.98. The maximum atomic E-state index is 13.5. The number of hydrogen-bond donors (Lipinski definition) is 1. The Hall–Kier alpha value is -3.23. The number of nitrogens with zero attached hydrogens (tertiary/aromatic N) is 2. The SMILES string of the molecule is Cc1cccc2sc(NC(=O)c3cccc(S(=O)(=O)N4c5ccccc5C[C@@H]4C)c3)nc12. The molecule has 3 aromatic carbocycles. The molecule has 0 bridgehead atoms. The Balaban J connectivity index is 1.45. The van der Waals surface area contributed by atoms with Gasteiger partial charge in [0.05, 0.1) is 20.8 Å². The number of aryl methyl sites for hydroxylation is 1. The first-order valence-electron chi connectivity index (χ1n) is 10.2. The van der Waals surface area contributed by atoms with Gasteiger partial charge in [0.25, 0.3) is 15.9 Å². The molecule has 0 saturated heterocycles. The van der Waals surface area contributed by atoms with Gasteiger partial charge in [-0.25, -0.2) is 13.4 Å². The van der Waals surface area contributed by atoms with Crippen molar-refractivity contribution in [1.29, 1.82) is 0 Å². The molecule has 1 atom stereocenters. The predicted octanol–water partition coefficient (Wildman–Crippen LogP) is 5.00. The average molecular weight is 464 g/mol. The fourth-order valence-electron chi connectivity index (χ4n) is 4.12. The molecule has 0 unspecified atom stereocenters. The number of rotatable bonds is 4. The summed E-state index contributed by atoms with van der Waals surface area (Å²) in [6.07, 6.45) is 0.659. The van der Waals surface area contributed by atoms with Gasteiger partial charge in [-0.05, 0) is 61.7 Å². The monoisotopic (exact) mass is 463 g/mol. The molecule has 32 heavy (non-hydrogen) atoms. The number of fused-ring (bicyclic) bond motifs is 2. The molecule has 162 valence electrons. The summed E-state index contributed by atoms with van der Waals surface area (Å²) < 4.78 is 29.4. The maximum Gasteiger partial charge on any atom is 0.264 e. The Bertz CT molecular complexity index is 1460. The molecule has 8 heteroatoms. The van der Waals surface area contributed by atoms with E-state index in [0.29, 0.717) is 17.2 Å². The number of anilines is 2. The third-order valence-electron chi connectivity index (χ3n) is 5.64. The molecule has 1 aromatic heterocycles. The van der Waals surface area contributed by atoms with E-state index in [-0.39, 0.29) is 16.5 Å². The van der Waals surface area contributed by atoms with E-state index < -0.39 is 15.9 Å². The molecule has 1 N–H and O–H groups in total. The van der Waals surface area contributed by atoms with E-state index in [1.165, 1.54) is 27.8 Å². The second-order valence-electron chi connectivity index (χ2n) is 7.91. The molecule has 1 amide bonds. The highest BCUT2D eigenvalue weighted by atomic mass is 32.2. The number of amides is 1. The molecular weight excluding hydrogens is 442 g/mol. The van der Waals surface area contributed by atoms with E-state index in [1.54, 1.807) is 12.1 Å². The van der Waals surface area contributed by atoms with E-state index in [9.17, 15) is 13.2 Å². The first-order chi connectivity index (χ1) is 15.3. The second kappa shape index (κ2) is 7.72. The molecule has 1 aliphatic heterocycles. The van der Waals surface area contributed by atoms with Gasteiger partial charge in [0, 0.05) is 11.6 Å². The van der Waals surface area contributed by atoms with Crippen LogP contribution in [0.15, 0.2) is 71.6 Å². The van der Waals surface area contributed by atoms with Crippen LogP contribution in [-0.4, -0.2) is 25.4 Å². The van der Waals surface area contributed by atoms with E-state index >= 15 is 0 Å². The topological polar surface area (TPSA) is 79.4 Å². The van der Waals surface area contributed by atoms with Gasteiger partial charge in [0.2, 0.25) is 0 Å². The Labute approximate surface area is 190 Å². The number of nitrogens with one attached hydrogen (secondary N) is 1. The number of benzene rings is 3. The number of para-hydroxylation sites is 2. The minimum Gasteiger partial charge on any atom is -0.298 e. The van der Waals surface area contributed by atoms with Gasteiger partial charge in [0.1, 0.15) is 0 Å². The summed E-state index contributed by atoms with van der Waals surface area (Å²) >= 11 is 1.39. The van der Waals surface area contributed by atoms with Crippen LogP contribution in [0.2, 0.25) is 0 Å². The standard InChI is InChI=1S/C24H21N3O3S2/c1-15-7-5-12-21-22(15)25-24(31-21)26-23(28)18-9-6-10-19(14-18)32(29,30)27-16(2)13-17-8-3-4-11-20(17)27/h3-12,14,16H,13H2,1-2H3,(H,25,26,28)/t16-/m0/s1. The number of carbonyl (C=O) groups is 1. The van der Waals surface area contributed by atoms with Gasteiger partial charge < -0.3 is 0 Å². The summed E-state index contributed by atoms with van der Waals surface area (Å²) in [6, 6.07) is 19.4. The fraction of sp³-hybridized carbons (Fsp3) is 0.167. The second-order valence-corrected chi connectivity index (χ2v) is 10.8. The van der Waals surface area contributed by atoms with Crippen LogP contribution in [0.5, 0.6) is 0 Å². The van der Waals surface area contributed by atoms with Crippen LogP contribution >= 0.6 is 11.3 Å². The number of hydrogen-bond acceptors (Lipinski definition) is 5. The minimum atomic E-state index is -3.82. The first-order valence-corrected chi connectivity index (χ1v) is 12.5. The predicted molar refractivity (Wildman–Crippen MR) is 128 cm³/mol. The lowest BCUT2D eigenvalue weighted by molar-refractivity contribution is 0.102. The molecule has 0 radical (unpaired) electrons. The highest BCUT2D eigenvalue weighted by Gasteiger charge is 2.36. The van der Waals surface area contributed by atoms with Gasteiger partial charge in [-0.15, -0.1) is 0 Å². The highest BCUT2D eigenvalue weighted by Crippen LogP contribution is 2.36. The number of carbonyl (C=O) groups excluding carboxylic acids is 1. The quantitative estimate of drug-likeness (QED) is 0.462. The van der Waals surface area contributed by atoms with Gasteiger partial charge in [-0.2, -0.15) is 0 Å². The average Bonchev–Trinajstić information content (AvgIpc) is 3.34. The molecule has 0 spiro atoms. The summed E-state index contributed by atoms with van der Waals surface area (Å²) in [4.78, 5) is 17.5. The lowest BCUT2D eigenvalue weighted by Crippen LogP contribution is -2.35. The zero-order valence-corrected chi connectivity index (χ0v) is 19.2. The molecule has 1 aliphatic rings. The number of thiazole rings is 1. The van der Waals surface area contributed by atoms with Crippen LogP contribution in [0.25, 0.3) is 10.2 Å². The van der Waals surface area contributed by atoms with Gasteiger partial charge >= 0.3 is 0 Å². The van der Waals surface area contributed by atoms with E-state index in [0.717, 1.165) is 21.3 Å². The minimum absolute atomic E-state index is 0.0915. The molecule has 0 saturated carbocycles. The van der Waals surface area contributed by atoms with Crippen molar-refractivity contribution in [3.8, 4) is 0 Å². The van der Waals surface area contributed by atoms with Crippen LogP contribution < -0.4 is 9.62 Å². The van der Waals surface area contributed by atoms with Crippen LogP contribution in [0.4, 0.5) is 10.8 Å². The largest absolute Gasteiger partial charge is 0.298 e. The molecule has 0 aliphatic carbocycles. The van der Waals surface area contributed by atoms with Crippen molar-refractivity contribution in [2.75, 3.05) is 9.62 Å². The third kappa shape index (κ3) is 3.45. The molecule has 4 aromatic rings. The Morgan fingerprint density at radius 1 is 1.09 bits per heavy atom. The van der Waals surface area contributed by atoms with Crippen molar-refractivity contribution in [1.82, 2.24) is 4.98 Å². The van der Waals surface area contributed by atoms with Crippen molar-refractivity contribution >= 4 is 48.3 Å². The van der Waals surface area contributed by atoms with Crippen molar-refractivity contribution < 1.29 is 13.2 Å². The van der Waals surface area contributed by atoms with Crippen LogP contribution in [0.1, 0.15) is 28.4 Å². The molecule has 0 fully saturated rings. The van der Waals surface area contributed by atoms with Gasteiger partial charge in [0.15, 0.2) is 5.13 Å². The van der Waals surface area contributed by atoms with Crippen molar-refractivity contribution in [2.24, 2.45) is 0 Å². The summed E-state index contributed by atoms with van der Waals surface area (Å²) in [5, 5.41) is 3.29. The molecular formula is C24H21N3O3S2. The first kappa shape index (κ1) is 20.7. The maximum absolute atomic E-state index is 13.5. The smallest absolute Gasteiger partial charge is 0.264 e. The van der Waals surface area contributed by atoms with E-state index in [4.69, 9.17) is 0 Å². The van der Waals surface area contributed by atoms with Gasteiger partial charge in [-0.1, -0.05) is 47.7 Å². The third-order valence-corrected chi connectivity index (χ3v) is 8.50. The normalized spacial score (nSPS) is 15.7. The molecule has 2 heterocycles. The zero-order chi connectivity index (χ0) is 22.5. The summed E-state index contributed by atoms with van der Waals surface area (Å²) in [6.45, 7) is 3.86. The van der Waals surface area contributed by atoms with Crippen molar-refractivity contribution in [2.45, 2.75) is 31.2 Å². The van der Waals surface area contributed by atoms with Crippen LogP contribution in [0.3, 0.4) is 0 Å². The summed E-state index contributed by atoms with van der Waals surface area (Å²) in [5.74, 6) is -0.395. The lowest BCUT2D eigenvalue weighted by atomic mass is 10.1. The van der Waals surface area contributed by atoms with Crippen molar-refractivity contribution in [3.63, 3.8) is 0 Å². The van der Waals surface area contributed by atoms with E-state index in [2.05, 4.69) is 10.3 Å². The van der Waals surface area contributed by atoms with Crippen molar-refractivity contribution in [3.05, 3.63) is 83.4 Å². The van der Waals surface area contributed by atoms with E-state index in [1.807, 2.05) is 56.3 Å². The van der Waals surface area contributed by atoms with Crippen LogP contribution in [0, 0.1) is 6.92 Å². The Morgan fingerprint density at radius 2 is 1.88 bits per heavy atom. The van der Waals surface area contributed by atoms with Gasteiger partial charge in [-0.3, -0.25) is 14.4 Å². The Morgan fingerprint density at radius 3 is 2.69 bits per heavy atom. The summed E-state index contributed by atoms with van der Waals surface area (Å²) in [7, 11) is -3.82. The molecule has 6 nitrogen and oxygen atoms in total. The number of aromatic nitrogens is 1.